The van der Waals surface area contributed by atoms with Crippen LogP contribution in [-0.4, -0.2) is 47.1 Å². The van der Waals surface area contributed by atoms with Crippen LogP contribution in [0.1, 0.15) is 24.2 Å². The summed E-state index contributed by atoms with van der Waals surface area (Å²) < 4.78 is 50.7. The van der Waals surface area contributed by atoms with Crippen molar-refractivity contribution < 1.29 is 34.0 Å². The first-order valence-electron chi connectivity index (χ1n) is 10.2. The van der Waals surface area contributed by atoms with Crippen LogP contribution in [-0.2, 0) is 20.7 Å². The van der Waals surface area contributed by atoms with E-state index in [1.807, 2.05) is 12.1 Å². The van der Waals surface area contributed by atoms with Crippen molar-refractivity contribution in [1.29, 1.82) is 0 Å². The molecule has 0 radical (unpaired) electrons. The number of hydrogen-bond donors (Lipinski definition) is 1. The highest BCUT2D eigenvalue weighted by molar-refractivity contribution is 6.27. The number of esters is 1. The third-order valence-electron chi connectivity index (χ3n) is 5.53. The zero-order valence-electron chi connectivity index (χ0n) is 17.7. The van der Waals surface area contributed by atoms with Gasteiger partial charge in [-0.15, -0.1) is 20.4 Å². The minimum Gasteiger partial charge on any atom is -0.467 e. The van der Waals surface area contributed by atoms with E-state index in [1.165, 1.54) is 25.3 Å². The van der Waals surface area contributed by atoms with E-state index >= 15 is 0 Å². The van der Waals surface area contributed by atoms with Crippen LogP contribution >= 0.6 is 11.6 Å². The van der Waals surface area contributed by atoms with E-state index in [0.29, 0.717) is 16.8 Å². The number of aromatic nitrogens is 1. The Morgan fingerprint density at radius 2 is 2.03 bits per heavy atom. The monoisotopic (exact) mass is 464 g/mol. The largest absolute Gasteiger partial charge is 0.586 e. The number of aromatic amines is 1. The first-order chi connectivity index (χ1) is 15.7. The third kappa shape index (κ3) is 3.15. The molecule has 0 spiro atoms. The summed E-state index contributed by atoms with van der Waals surface area (Å²) in [5, 5.41) is 0.767. The van der Waals surface area contributed by atoms with Crippen LogP contribution in [0.3, 0.4) is 0 Å². The number of nitrogens with one attached hydrogen (secondary N) is 1. The van der Waals surface area contributed by atoms with Crippen LogP contribution in [0.4, 0.5) is 8.78 Å². The van der Waals surface area contributed by atoms with Gasteiger partial charge in [0.05, 0.1) is 14.5 Å². The van der Waals surface area contributed by atoms with Crippen molar-refractivity contribution in [2.45, 2.75) is 24.8 Å². The van der Waals surface area contributed by atoms with Gasteiger partial charge in [0.2, 0.25) is 5.91 Å². The van der Waals surface area contributed by atoms with Crippen LogP contribution in [0.2, 0.25) is 0 Å². The molecule has 0 saturated carbocycles. The van der Waals surface area contributed by atoms with Crippen molar-refractivity contribution >= 4 is 34.4 Å². The molecule has 3 aromatic rings. The number of amides is 1. The lowest BCUT2D eigenvalue weighted by Gasteiger charge is -2.40. The number of alkyl halides is 3. The van der Waals surface area contributed by atoms with Crippen LogP contribution in [0, 0.1) is 0 Å². The smallest absolute Gasteiger partial charge is 0.467 e. The Kier molecular flexibility index (Phi) is 4.46. The minimum absolute atomic E-state index is 0.0813. The Labute approximate surface area is 187 Å². The van der Waals surface area contributed by atoms with Gasteiger partial charge < -0.3 is 24.1 Å². The maximum atomic E-state index is 13.6. The van der Waals surface area contributed by atoms with Crippen molar-refractivity contribution in [2.75, 3.05) is 13.0 Å². The Hall–Kier alpha value is -3.33. The maximum Gasteiger partial charge on any atom is 0.586 e. The summed E-state index contributed by atoms with van der Waals surface area (Å²) in [7, 11) is 1.19. The predicted molar refractivity (Wildman–Crippen MR) is 110 cm³/mol. The van der Waals surface area contributed by atoms with Gasteiger partial charge in [-0.25, -0.2) is 4.79 Å². The van der Waals surface area contributed by atoms with Crippen LogP contribution in [0.25, 0.3) is 10.9 Å². The number of carbonyl (C=O) groups is 2. The molecule has 2 aromatic carbocycles. The first kappa shape index (κ1) is 19.4. The normalized spacial score (nSPS) is 23.6. The number of fused-ring (bicyclic) bond motifs is 4. The topological polar surface area (TPSA) is 80.9 Å². The Bertz CT molecular complexity index is 1300. The summed E-state index contributed by atoms with van der Waals surface area (Å²) >= 11 is 5.87. The van der Waals surface area contributed by atoms with Crippen LogP contribution < -0.4 is 9.47 Å². The number of ether oxygens (including phenoxy) is 3. The minimum atomic E-state index is -3.85. The number of carbonyl (C=O) groups excluding carboxylic acids is 2. The molecule has 0 aliphatic carbocycles. The predicted octanol–water partition coefficient (Wildman–Crippen LogP) is 3.74. The summed E-state index contributed by atoms with van der Waals surface area (Å²) in [5.41, 5.74) is 1.74. The van der Waals surface area contributed by atoms with E-state index in [1.54, 1.807) is 12.1 Å². The standard InChI is InChI=1S/C22H17ClF2N2O5/c1-30-21(29)15-9-13-12-4-2-3-5-14(12)26-19(13)20(27(15)18(28)10-23)11-6-7-16-17(8-11)32-22(24,25)31-16/h2-8,15,20,26H,9-10H2,1H3/t15-,20-/m0/s1/i10+1,20D. The molecule has 0 bridgehead atoms. The molecule has 1 aromatic heterocycles. The molecule has 32 heavy (non-hydrogen) atoms. The first-order valence-corrected chi connectivity index (χ1v) is 10.2. The molecule has 1 amide bonds. The number of halogens is 3. The van der Waals surface area contributed by atoms with E-state index in [4.69, 9.17) is 16.3 Å². The SMILES string of the molecule is [2H][C@]1(c2ccc3c(c2)OC(F)(F)O3)c2[nH]c3ccccc3c2C[C@@H](C(=O)OC)N1C(=O)[13CH2]Cl. The average molecular weight is 465 g/mol. The molecule has 2 aliphatic rings. The Morgan fingerprint density at radius 3 is 2.78 bits per heavy atom. The number of benzene rings is 2. The molecule has 10 heteroatoms. The van der Waals surface area contributed by atoms with Gasteiger partial charge in [0.25, 0.3) is 0 Å². The van der Waals surface area contributed by atoms with Gasteiger partial charge in [-0.05, 0) is 29.3 Å². The molecule has 0 unspecified atom stereocenters. The molecule has 0 saturated heterocycles. The van der Waals surface area contributed by atoms with E-state index in [-0.39, 0.29) is 23.5 Å². The second kappa shape index (κ2) is 7.37. The van der Waals surface area contributed by atoms with Crippen molar-refractivity contribution in [3.8, 4) is 11.5 Å². The third-order valence-corrected chi connectivity index (χ3v) is 5.76. The second-order valence-corrected chi connectivity index (χ2v) is 7.61. The van der Waals surface area contributed by atoms with Crippen molar-refractivity contribution in [3.63, 3.8) is 0 Å². The fourth-order valence-electron chi connectivity index (χ4n) is 4.24. The highest BCUT2D eigenvalue weighted by atomic mass is 35.5. The average Bonchev–Trinajstić information content (AvgIpc) is 3.33. The molecule has 3 heterocycles. The van der Waals surface area contributed by atoms with Gasteiger partial charge in [0.15, 0.2) is 11.5 Å². The molecular weight excluding hydrogens is 447 g/mol. The summed E-state index contributed by atoms with van der Waals surface area (Å²) in [4.78, 5) is 30.0. The molecule has 166 valence electrons. The molecular formula is C22H17ClF2N2O5. The van der Waals surface area contributed by atoms with E-state index in [2.05, 4.69) is 14.5 Å². The Morgan fingerprint density at radius 1 is 1.28 bits per heavy atom. The zero-order valence-corrected chi connectivity index (χ0v) is 17.4. The van der Waals surface area contributed by atoms with E-state index in [0.717, 1.165) is 10.3 Å². The van der Waals surface area contributed by atoms with Crippen LogP contribution in [0.5, 0.6) is 11.5 Å². The molecule has 0 fully saturated rings. The van der Waals surface area contributed by atoms with Gasteiger partial charge in [-0.3, -0.25) is 4.79 Å². The number of para-hydroxylation sites is 1. The quantitative estimate of drug-likeness (QED) is 0.363. The fourth-order valence-corrected chi connectivity index (χ4v) is 4.37. The highest BCUT2D eigenvalue weighted by Crippen LogP contribution is 2.46. The summed E-state index contributed by atoms with van der Waals surface area (Å²) in [6, 6.07) is 7.85. The Balaban J connectivity index is 1.79. The van der Waals surface area contributed by atoms with Gasteiger partial charge in [-0.1, -0.05) is 24.3 Å². The molecule has 2 aliphatic heterocycles. The molecule has 1 N–H and O–H groups in total. The molecule has 2 atom stereocenters. The van der Waals surface area contributed by atoms with E-state index < -0.39 is 36.1 Å². The number of rotatable bonds is 3. The summed E-state index contributed by atoms with van der Waals surface area (Å²) in [6.45, 7) is 0. The van der Waals surface area contributed by atoms with Gasteiger partial charge in [0.1, 0.15) is 11.9 Å². The zero-order chi connectivity index (χ0) is 23.5. The number of nitrogens with zero attached hydrogens (tertiary/aromatic N) is 1. The van der Waals surface area contributed by atoms with E-state index in [9.17, 15) is 19.7 Å². The number of methoxy groups -OCH3 is 1. The van der Waals surface area contributed by atoms with Gasteiger partial charge in [-0.2, -0.15) is 0 Å². The number of H-pyrrole nitrogens is 1. The van der Waals surface area contributed by atoms with Crippen molar-refractivity contribution in [2.24, 2.45) is 0 Å². The highest BCUT2D eigenvalue weighted by Gasteiger charge is 2.46. The molecule has 7 nitrogen and oxygen atoms in total. The molecule has 5 rings (SSSR count). The lowest BCUT2D eigenvalue weighted by atomic mass is 9.88. The van der Waals surface area contributed by atoms with Crippen LogP contribution in [0.15, 0.2) is 42.5 Å². The second-order valence-electron chi connectivity index (χ2n) is 7.34. The fraction of sp³-hybridized carbons (Fsp3) is 0.273. The van der Waals surface area contributed by atoms with Gasteiger partial charge >= 0.3 is 12.3 Å². The summed E-state index contributed by atoms with van der Waals surface area (Å²) in [5.74, 6) is -2.44. The summed E-state index contributed by atoms with van der Waals surface area (Å²) in [6.07, 6.45) is -3.77. The number of hydrogen-bond acceptors (Lipinski definition) is 5. The lowest BCUT2D eigenvalue weighted by molar-refractivity contribution is -0.286. The lowest BCUT2D eigenvalue weighted by Crippen LogP contribution is -2.52. The maximum absolute atomic E-state index is 13.6. The van der Waals surface area contributed by atoms with Crippen molar-refractivity contribution in [1.82, 2.24) is 9.88 Å². The van der Waals surface area contributed by atoms with Crippen molar-refractivity contribution in [3.05, 3.63) is 59.3 Å². The van der Waals surface area contributed by atoms with Gasteiger partial charge in [0, 0.05) is 23.0 Å².